The van der Waals surface area contributed by atoms with Crippen molar-refractivity contribution in [1.29, 1.82) is 0 Å². The Morgan fingerprint density at radius 1 is 0.812 bits per heavy atom. The highest BCUT2D eigenvalue weighted by Crippen LogP contribution is 2.39. The van der Waals surface area contributed by atoms with Crippen molar-refractivity contribution in [3.05, 3.63) is 83.4 Å². The topological polar surface area (TPSA) is 77.0 Å². The number of ether oxygens (including phenoxy) is 3. The number of phenols is 1. The fourth-order valence-corrected chi connectivity index (χ4v) is 3.12. The number of carbonyl (C=O) groups excluding carboxylic acids is 1. The van der Waals surface area contributed by atoms with Gasteiger partial charge in [-0.1, -0.05) is 54.6 Å². The lowest BCUT2D eigenvalue weighted by molar-refractivity contribution is -0.111. The first-order chi connectivity index (χ1) is 15.5. The van der Waals surface area contributed by atoms with Crippen LogP contribution in [0, 0.1) is 0 Å². The normalized spacial score (nSPS) is 11.0. The number of amides is 1. The highest BCUT2D eigenvalue weighted by Gasteiger charge is 2.13. The Labute approximate surface area is 187 Å². The smallest absolute Gasteiger partial charge is 0.248 e. The molecular weight excluding hydrogens is 406 g/mol. The number of para-hydroxylation sites is 1. The predicted molar refractivity (Wildman–Crippen MR) is 127 cm³/mol. The second kappa shape index (κ2) is 10.7. The van der Waals surface area contributed by atoms with Gasteiger partial charge in [-0.3, -0.25) is 4.79 Å². The molecule has 3 aromatic carbocycles. The van der Waals surface area contributed by atoms with Gasteiger partial charge >= 0.3 is 0 Å². The summed E-state index contributed by atoms with van der Waals surface area (Å²) in [5.41, 5.74) is 2.66. The molecule has 1 amide bonds. The number of phenolic OH excluding ortho intramolecular Hbond substituents is 1. The van der Waals surface area contributed by atoms with E-state index in [2.05, 4.69) is 5.32 Å². The van der Waals surface area contributed by atoms with Crippen LogP contribution in [0.1, 0.15) is 16.7 Å². The van der Waals surface area contributed by atoms with Crippen LogP contribution in [0.25, 0.3) is 18.2 Å². The Kier molecular flexibility index (Phi) is 7.54. The van der Waals surface area contributed by atoms with Gasteiger partial charge in [0.05, 0.1) is 27.0 Å². The van der Waals surface area contributed by atoms with E-state index in [1.165, 1.54) is 12.1 Å². The van der Waals surface area contributed by atoms with E-state index in [-0.39, 0.29) is 11.7 Å². The quantitative estimate of drug-likeness (QED) is 0.290. The van der Waals surface area contributed by atoms with E-state index in [0.717, 1.165) is 11.1 Å². The summed E-state index contributed by atoms with van der Waals surface area (Å²) in [6.45, 7) is 0. The maximum Gasteiger partial charge on any atom is 0.248 e. The van der Waals surface area contributed by atoms with E-state index < -0.39 is 0 Å². The SMILES string of the molecule is COc1cc(C=Cc2cccc(O)c2NC(=O)C=Cc2ccccc2)cc(OC)c1OC. The lowest BCUT2D eigenvalue weighted by Gasteiger charge is -2.13. The molecule has 6 nitrogen and oxygen atoms in total. The third-order valence-corrected chi connectivity index (χ3v) is 4.69. The lowest BCUT2D eigenvalue weighted by Crippen LogP contribution is -2.09. The van der Waals surface area contributed by atoms with E-state index in [0.29, 0.717) is 28.5 Å². The van der Waals surface area contributed by atoms with Gasteiger partial charge in [-0.15, -0.1) is 0 Å². The molecule has 164 valence electrons. The first kappa shape index (κ1) is 22.5. The fourth-order valence-electron chi connectivity index (χ4n) is 3.12. The summed E-state index contributed by atoms with van der Waals surface area (Å²) in [7, 11) is 4.65. The summed E-state index contributed by atoms with van der Waals surface area (Å²) in [4.78, 5) is 12.4. The molecule has 0 aliphatic heterocycles. The molecule has 6 heteroatoms. The molecule has 32 heavy (non-hydrogen) atoms. The summed E-state index contributed by atoms with van der Waals surface area (Å²) >= 11 is 0. The molecule has 0 aliphatic rings. The number of carbonyl (C=O) groups is 1. The van der Waals surface area contributed by atoms with Gasteiger partial charge in [0, 0.05) is 11.6 Å². The van der Waals surface area contributed by atoms with Crippen LogP contribution in [0.5, 0.6) is 23.0 Å². The standard InChI is InChI=1S/C26H25NO5/c1-30-22-16-19(17-23(31-2)26(22)32-3)12-14-20-10-7-11-21(28)25(20)27-24(29)15-13-18-8-5-4-6-9-18/h4-17,28H,1-3H3,(H,27,29). The molecule has 0 bridgehead atoms. The highest BCUT2D eigenvalue weighted by atomic mass is 16.5. The molecule has 0 heterocycles. The molecule has 0 unspecified atom stereocenters. The fraction of sp³-hybridized carbons (Fsp3) is 0.115. The summed E-state index contributed by atoms with van der Waals surface area (Å²) < 4.78 is 16.1. The number of hydrogen-bond donors (Lipinski definition) is 2. The minimum Gasteiger partial charge on any atom is -0.506 e. The molecule has 0 aliphatic carbocycles. The van der Waals surface area contributed by atoms with Gasteiger partial charge in [0.25, 0.3) is 0 Å². The molecule has 3 aromatic rings. The van der Waals surface area contributed by atoms with Crippen molar-refractivity contribution in [2.75, 3.05) is 26.6 Å². The predicted octanol–water partition coefficient (Wildman–Crippen LogP) is 5.24. The first-order valence-electron chi connectivity index (χ1n) is 9.90. The van der Waals surface area contributed by atoms with Crippen LogP contribution in [0.4, 0.5) is 5.69 Å². The van der Waals surface area contributed by atoms with Gasteiger partial charge in [0.15, 0.2) is 11.5 Å². The average Bonchev–Trinajstić information content (AvgIpc) is 2.83. The van der Waals surface area contributed by atoms with Crippen LogP contribution in [0.2, 0.25) is 0 Å². The highest BCUT2D eigenvalue weighted by molar-refractivity contribution is 6.04. The van der Waals surface area contributed by atoms with Crippen LogP contribution >= 0.6 is 0 Å². The van der Waals surface area contributed by atoms with Crippen molar-refractivity contribution < 1.29 is 24.1 Å². The van der Waals surface area contributed by atoms with Crippen LogP contribution in [0.3, 0.4) is 0 Å². The van der Waals surface area contributed by atoms with Gasteiger partial charge in [0.2, 0.25) is 11.7 Å². The second-order valence-electron chi connectivity index (χ2n) is 6.77. The number of benzene rings is 3. The van der Waals surface area contributed by atoms with E-state index in [1.807, 2.05) is 48.5 Å². The van der Waals surface area contributed by atoms with Gasteiger partial charge in [-0.05, 0) is 35.4 Å². The summed E-state index contributed by atoms with van der Waals surface area (Å²) in [6.07, 6.45) is 6.75. The van der Waals surface area contributed by atoms with E-state index in [9.17, 15) is 9.90 Å². The van der Waals surface area contributed by atoms with E-state index in [1.54, 1.807) is 45.6 Å². The van der Waals surface area contributed by atoms with Gasteiger partial charge in [-0.25, -0.2) is 0 Å². The maximum absolute atomic E-state index is 12.4. The van der Waals surface area contributed by atoms with Crippen LogP contribution in [0.15, 0.2) is 66.7 Å². The number of anilines is 1. The van der Waals surface area contributed by atoms with Crippen molar-refractivity contribution in [1.82, 2.24) is 0 Å². The third kappa shape index (κ3) is 5.49. The Morgan fingerprint density at radius 3 is 2.12 bits per heavy atom. The van der Waals surface area contributed by atoms with Gasteiger partial charge in [0.1, 0.15) is 5.75 Å². The Bertz CT molecular complexity index is 1110. The minimum absolute atomic E-state index is 0.0292. The van der Waals surface area contributed by atoms with Gasteiger partial charge in [-0.2, -0.15) is 0 Å². The molecule has 0 saturated carbocycles. The number of hydrogen-bond acceptors (Lipinski definition) is 5. The van der Waals surface area contributed by atoms with Crippen molar-refractivity contribution in [3.8, 4) is 23.0 Å². The lowest BCUT2D eigenvalue weighted by atomic mass is 10.1. The molecule has 0 radical (unpaired) electrons. The van der Waals surface area contributed by atoms with E-state index in [4.69, 9.17) is 14.2 Å². The Morgan fingerprint density at radius 2 is 1.50 bits per heavy atom. The van der Waals surface area contributed by atoms with Crippen molar-refractivity contribution in [3.63, 3.8) is 0 Å². The van der Waals surface area contributed by atoms with Crippen molar-refractivity contribution in [2.24, 2.45) is 0 Å². The number of methoxy groups -OCH3 is 3. The molecule has 0 saturated heterocycles. The zero-order valence-corrected chi connectivity index (χ0v) is 18.2. The van der Waals surface area contributed by atoms with Crippen molar-refractivity contribution in [2.45, 2.75) is 0 Å². The summed E-state index contributed by atoms with van der Waals surface area (Å²) in [5.74, 6) is 1.18. The summed E-state index contributed by atoms with van der Waals surface area (Å²) in [5, 5.41) is 13.1. The Balaban J connectivity index is 1.85. The largest absolute Gasteiger partial charge is 0.506 e. The van der Waals surface area contributed by atoms with Gasteiger partial charge < -0.3 is 24.6 Å². The summed E-state index contributed by atoms with van der Waals surface area (Å²) in [6, 6.07) is 18.1. The maximum atomic E-state index is 12.4. The zero-order valence-electron chi connectivity index (χ0n) is 18.2. The molecule has 2 N–H and O–H groups in total. The average molecular weight is 431 g/mol. The molecular formula is C26H25NO5. The van der Waals surface area contributed by atoms with Crippen LogP contribution in [-0.2, 0) is 4.79 Å². The van der Waals surface area contributed by atoms with E-state index >= 15 is 0 Å². The number of aromatic hydroxyl groups is 1. The monoisotopic (exact) mass is 431 g/mol. The molecule has 0 fully saturated rings. The third-order valence-electron chi connectivity index (χ3n) is 4.69. The molecule has 0 aromatic heterocycles. The van der Waals surface area contributed by atoms with Crippen molar-refractivity contribution >= 4 is 29.8 Å². The Hall–Kier alpha value is -4.19. The molecule has 0 atom stereocenters. The minimum atomic E-state index is -0.349. The first-order valence-corrected chi connectivity index (χ1v) is 9.90. The number of nitrogens with one attached hydrogen (secondary N) is 1. The molecule has 3 rings (SSSR count). The second-order valence-corrected chi connectivity index (χ2v) is 6.77. The van der Waals surface area contributed by atoms with Crippen LogP contribution in [-0.4, -0.2) is 32.3 Å². The number of rotatable bonds is 8. The van der Waals surface area contributed by atoms with Crippen LogP contribution < -0.4 is 19.5 Å². The molecule has 0 spiro atoms. The zero-order chi connectivity index (χ0) is 22.9.